The molecule has 2 rings (SSSR count). The van der Waals surface area contributed by atoms with Crippen LogP contribution in [-0.2, 0) is 9.53 Å². The van der Waals surface area contributed by atoms with E-state index >= 15 is 0 Å². The monoisotopic (exact) mass is 381 g/mol. The number of hydrogen-bond acceptors (Lipinski definition) is 4. The minimum Gasteiger partial charge on any atom is -0.494 e. The summed E-state index contributed by atoms with van der Waals surface area (Å²) in [5.74, 6) is 0.221. The van der Waals surface area contributed by atoms with Gasteiger partial charge in [0, 0.05) is 11.8 Å². The number of benzene rings is 2. The molecular formula is C23H27NO4. The third-order valence-electron chi connectivity index (χ3n) is 3.90. The van der Waals surface area contributed by atoms with Gasteiger partial charge in [-0.15, -0.1) is 0 Å². The van der Waals surface area contributed by atoms with Crippen molar-refractivity contribution in [2.75, 3.05) is 18.5 Å². The fourth-order valence-corrected chi connectivity index (χ4v) is 2.33. The molecule has 5 heteroatoms. The third-order valence-corrected chi connectivity index (χ3v) is 3.90. The van der Waals surface area contributed by atoms with E-state index in [-0.39, 0.29) is 11.9 Å². The maximum atomic E-state index is 12.1. The molecule has 0 saturated heterocycles. The number of unbranched alkanes of at least 4 members (excludes halogenated alkanes) is 1. The second kappa shape index (κ2) is 11.6. The molecule has 148 valence electrons. The number of ether oxygens (including phenoxy) is 2. The van der Waals surface area contributed by atoms with Crippen LogP contribution in [0.1, 0.15) is 49.0 Å². The van der Waals surface area contributed by atoms with Gasteiger partial charge in [0.05, 0.1) is 18.8 Å². The van der Waals surface area contributed by atoms with Crippen LogP contribution in [0.4, 0.5) is 5.69 Å². The second-order valence-electron chi connectivity index (χ2n) is 6.31. The molecule has 2 aromatic carbocycles. The highest BCUT2D eigenvalue weighted by Crippen LogP contribution is 2.14. The molecule has 1 amide bonds. The first-order valence-corrected chi connectivity index (χ1v) is 9.61. The van der Waals surface area contributed by atoms with Crippen LogP contribution in [0.3, 0.4) is 0 Å². The van der Waals surface area contributed by atoms with Gasteiger partial charge >= 0.3 is 5.97 Å². The van der Waals surface area contributed by atoms with Gasteiger partial charge in [0.25, 0.3) is 0 Å². The lowest BCUT2D eigenvalue weighted by Crippen LogP contribution is -2.09. The zero-order chi connectivity index (χ0) is 20.2. The Morgan fingerprint density at radius 2 is 1.64 bits per heavy atom. The van der Waals surface area contributed by atoms with Crippen LogP contribution in [-0.4, -0.2) is 25.1 Å². The Morgan fingerprint density at radius 1 is 0.929 bits per heavy atom. The Labute approximate surface area is 166 Å². The maximum absolute atomic E-state index is 12.1. The van der Waals surface area contributed by atoms with E-state index in [1.54, 1.807) is 30.3 Å². The second-order valence-corrected chi connectivity index (χ2v) is 6.31. The Morgan fingerprint density at radius 3 is 2.29 bits per heavy atom. The maximum Gasteiger partial charge on any atom is 0.338 e. The molecule has 0 aliphatic carbocycles. The Bertz CT molecular complexity index is 779. The van der Waals surface area contributed by atoms with Crippen LogP contribution < -0.4 is 10.1 Å². The lowest BCUT2D eigenvalue weighted by molar-refractivity contribution is -0.111. The molecular weight excluding hydrogens is 354 g/mol. The van der Waals surface area contributed by atoms with E-state index in [1.807, 2.05) is 31.2 Å². The first-order valence-electron chi connectivity index (χ1n) is 9.61. The summed E-state index contributed by atoms with van der Waals surface area (Å²) in [6, 6.07) is 14.2. The number of anilines is 1. The van der Waals surface area contributed by atoms with Gasteiger partial charge < -0.3 is 14.8 Å². The van der Waals surface area contributed by atoms with Gasteiger partial charge in [0.15, 0.2) is 0 Å². The van der Waals surface area contributed by atoms with Gasteiger partial charge in [-0.05, 0) is 60.9 Å². The highest BCUT2D eigenvalue weighted by Gasteiger charge is 2.06. The van der Waals surface area contributed by atoms with Gasteiger partial charge in [-0.2, -0.15) is 0 Å². The molecule has 0 aliphatic heterocycles. The normalized spacial score (nSPS) is 10.6. The smallest absolute Gasteiger partial charge is 0.338 e. The molecule has 0 unspecified atom stereocenters. The van der Waals surface area contributed by atoms with Crippen molar-refractivity contribution in [2.24, 2.45) is 0 Å². The fourth-order valence-electron chi connectivity index (χ4n) is 2.33. The largest absolute Gasteiger partial charge is 0.494 e. The van der Waals surface area contributed by atoms with Gasteiger partial charge in [-0.1, -0.05) is 32.4 Å². The van der Waals surface area contributed by atoms with Crippen molar-refractivity contribution >= 4 is 23.6 Å². The van der Waals surface area contributed by atoms with E-state index in [2.05, 4.69) is 12.2 Å². The SMILES string of the molecule is CCCCOc1ccc(/C=C/C(=O)Nc2ccc(C(=O)OCCC)cc2)cc1. The number of hydrogen-bond donors (Lipinski definition) is 1. The van der Waals surface area contributed by atoms with E-state index < -0.39 is 0 Å². The zero-order valence-electron chi connectivity index (χ0n) is 16.4. The standard InChI is InChI=1S/C23H27NO4/c1-3-5-17-27-21-13-6-18(7-14-21)8-15-22(25)24-20-11-9-19(10-12-20)23(26)28-16-4-2/h6-15H,3-5,16-17H2,1-2H3,(H,24,25)/b15-8+. The van der Waals surface area contributed by atoms with Crippen LogP contribution in [0, 0.1) is 0 Å². The van der Waals surface area contributed by atoms with E-state index in [1.165, 1.54) is 6.08 Å². The number of rotatable bonds is 10. The molecule has 0 spiro atoms. The summed E-state index contributed by atoms with van der Waals surface area (Å²) in [7, 11) is 0. The predicted molar refractivity (Wildman–Crippen MR) is 112 cm³/mol. The summed E-state index contributed by atoms with van der Waals surface area (Å²) < 4.78 is 10.7. The van der Waals surface area contributed by atoms with Crippen LogP contribution in [0.2, 0.25) is 0 Å². The van der Waals surface area contributed by atoms with Gasteiger partial charge in [0.1, 0.15) is 5.75 Å². The third kappa shape index (κ3) is 7.27. The predicted octanol–water partition coefficient (Wildman–Crippen LogP) is 5.08. The van der Waals surface area contributed by atoms with Gasteiger partial charge in [0.2, 0.25) is 5.91 Å². The van der Waals surface area contributed by atoms with E-state index in [0.29, 0.717) is 24.5 Å². The quantitative estimate of drug-likeness (QED) is 0.354. The molecule has 28 heavy (non-hydrogen) atoms. The topological polar surface area (TPSA) is 64.6 Å². The summed E-state index contributed by atoms with van der Waals surface area (Å²) in [5, 5.41) is 2.76. The highest BCUT2D eigenvalue weighted by atomic mass is 16.5. The molecule has 5 nitrogen and oxygen atoms in total. The summed E-state index contributed by atoms with van der Waals surface area (Å²) in [6.07, 6.45) is 6.11. The Balaban J connectivity index is 1.85. The van der Waals surface area contributed by atoms with Crippen molar-refractivity contribution in [1.29, 1.82) is 0 Å². The van der Waals surface area contributed by atoms with Crippen molar-refractivity contribution in [1.82, 2.24) is 0 Å². The van der Waals surface area contributed by atoms with Crippen molar-refractivity contribution in [3.8, 4) is 5.75 Å². The highest BCUT2D eigenvalue weighted by molar-refractivity contribution is 6.02. The van der Waals surface area contributed by atoms with E-state index in [9.17, 15) is 9.59 Å². The number of carbonyl (C=O) groups is 2. The Kier molecular flexibility index (Phi) is 8.79. The number of nitrogens with one attached hydrogen (secondary N) is 1. The molecule has 1 N–H and O–H groups in total. The average molecular weight is 381 g/mol. The molecule has 0 aliphatic rings. The van der Waals surface area contributed by atoms with E-state index in [4.69, 9.17) is 9.47 Å². The van der Waals surface area contributed by atoms with Crippen molar-refractivity contribution in [2.45, 2.75) is 33.1 Å². The summed E-state index contributed by atoms with van der Waals surface area (Å²) in [4.78, 5) is 23.8. The summed E-state index contributed by atoms with van der Waals surface area (Å²) in [5.41, 5.74) is 1.98. The molecule has 0 saturated carbocycles. The van der Waals surface area contributed by atoms with Crippen molar-refractivity contribution < 1.29 is 19.1 Å². The van der Waals surface area contributed by atoms with Gasteiger partial charge in [-0.3, -0.25) is 4.79 Å². The molecule has 2 aromatic rings. The molecule has 0 fully saturated rings. The lowest BCUT2D eigenvalue weighted by atomic mass is 10.2. The first kappa shape index (κ1) is 21.2. The number of amides is 1. The van der Waals surface area contributed by atoms with Crippen LogP contribution in [0.5, 0.6) is 5.75 Å². The van der Waals surface area contributed by atoms with Crippen molar-refractivity contribution in [3.63, 3.8) is 0 Å². The van der Waals surface area contributed by atoms with Crippen LogP contribution in [0.25, 0.3) is 6.08 Å². The Hall–Kier alpha value is -3.08. The fraction of sp³-hybridized carbons (Fsp3) is 0.304. The summed E-state index contributed by atoms with van der Waals surface area (Å²) >= 11 is 0. The molecule has 0 atom stereocenters. The van der Waals surface area contributed by atoms with Gasteiger partial charge in [-0.25, -0.2) is 4.79 Å². The number of carbonyl (C=O) groups excluding carboxylic acids is 2. The minimum atomic E-state index is -0.359. The minimum absolute atomic E-state index is 0.246. The van der Waals surface area contributed by atoms with Crippen LogP contribution in [0.15, 0.2) is 54.6 Å². The molecule has 0 aromatic heterocycles. The van der Waals surface area contributed by atoms with E-state index in [0.717, 1.165) is 30.6 Å². The average Bonchev–Trinajstić information content (AvgIpc) is 2.72. The first-order chi connectivity index (χ1) is 13.6. The van der Waals surface area contributed by atoms with Crippen molar-refractivity contribution in [3.05, 3.63) is 65.7 Å². The lowest BCUT2D eigenvalue weighted by Gasteiger charge is -2.06. The molecule has 0 radical (unpaired) electrons. The zero-order valence-corrected chi connectivity index (χ0v) is 16.4. The number of esters is 1. The summed E-state index contributed by atoms with van der Waals surface area (Å²) in [6.45, 7) is 5.17. The molecule has 0 bridgehead atoms. The molecule has 0 heterocycles. The van der Waals surface area contributed by atoms with Crippen LogP contribution >= 0.6 is 0 Å².